The van der Waals surface area contributed by atoms with Gasteiger partial charge in [0.2, 0.25) is 0 Å². The van der Waals surface area contributed by atoms with Crippen molar-refractivity contribution in [2.75, 3.05) is 13.6 Å². The summed E-state index contributed by atoms with van der Waals surface area (Å²) in [6.45, 7) is 7.64. The first-order chi connectivity index (χ1) is 10.1. The summed E-state index contributed by atoms with van der Waals surface area (Å²) in [5.41, 5.74) is 0.0679. The second-order valence-corrected chi connectivity index (χ2v) is 7.16. The first-order valence-corrected chi connectivity index (χ1v) is 7.88. The fourth-order valence-corrected chi connectivity index (χ4v) is 2.13. The number of likely N-dealkylation sites (N-methyl/N-ethyl adjacent to an activating group) is 1. The van der Waals surface area contributed by atoms with Gasteiger partial charge >= 0.3 is 6.09 Å². The number of hydrogen-bond donors (Lipinski definition) is 1. The Bertz CT molecular complexity index is 523. The van der Waals surface area contributed by atoms with Crippen molar-refractivity contribution in [2.45, 2.75) is 39.3 Å². The minimum absolute atomic E-state index is 0.0923. The Labute approximate surface area is 140 Å². The molecule has 122 valence electrons. The molecule has 1 atom stereocenters. The highest BCUT2D eigenvalue weighted by Crippen LogP contribution is 2.12. The summed E-state index contributed by atoms with van der Waals surface area (Å²) in [6.07, 6.45) is -0.482. The van der Waals surface area contributed by atoms with E-state index in [-0.39, 0.29) is 11.9 Å². The zero-order chi connectivity index (χ0) is 16.9. The summed E-state index contributed by atoms with van der Waals surface area (Å²) >= 11 is 3.34. The average molecular weight is 371 g/mol. The van der Waals surface area contributed by atoms with Gasteiger partial charge in [0.05, 0.1) is 0 Å². The van der Waals surface area contributed by atoms with Crippen LogP contribution < -0.4 is 5.32 Å². The molecule has 5 nitrogen and oxygen atoms in total. The summed E-state index contributed by atoms with van der Waals surface area (Å²) in [4.78, 5) is 25.5. The van der Waals surface area contributed by atoms with Crippen LogP contribution >= 0.6 is 15.9 Å². The fourth-order valence-electron chi connectivity index (χ4n) is 1.86. The molecule has 0 spiro atoms. The first-order valence-electron chi connectivity index (χ1n) is 7.09. The highest BCUT2D eigenvalue weighted by molar-refractivity contribution is 9.10. The van der Waals surface area contributed by atoms with Crippen LogP contribution in [0.2, 0.25) is 0 Å². The lowest BCUT2D eigenvalue weighted by atomic mass is 10.2. The Balaban J connectivity index is 2.53. The Hall–Kier alpha value is -1.56. The molecule has 0 aliphatic heterocycles. The van der Waals surface area contributed by atoms with Gasteiger partial charge in [0.25, 0.3) is 5.91 Å². The smallest absolute Gasteiger partial charge is 0.407 e. The Morgan fingerprint density at radius 1 is 1.27 bits per heavy atom. The Morgan fingerprint density at radius 3 is 2.32 bits per heavy atom. The van der Waals surface area contributed by atoms with Crippen LogP contribution in [0, 0.1) is 0 Å². The van der Waals surface area contributed by atoms with Gasteiger partial charge in [-0.25, -0.2) is 4.79 Å². The van der Waals surface area contributed by atoms with E-state index in [1.54, 1.807) is 44.9 Å². The minimum atomic E-state index is -0.539. The van der Waals surface area contributed by atoms with Gasteiger partial charge in [0.15, 0.2) is 0 Å². The molecule has 1 N–H and O–H groups in total. The number of carbonyl (C=O) groups is 2. The van der Waals surface area contributed by atoms with Gasteiger partial charge in [-0.1, -0.05) is 15.9 Å². The van der Waals surface area contributed by atoms with E-state index in [0.717, 1.165) is 4.47 Å². The molecule has 0 heterocycles. The zero-order valence-corrected chi connectivity index (χ0v) is 15.2. The van der Waals surface area contributed by atoms with Crippen LogP contribution in [0.4, 0.5) is 4.79 Å². The third-order valence-corrected chi connectivity index (χ3v) is 3.28. The predicted octanol–water partition coefficient (Wildman–Crippen LogP) is 3.43. The molecule has 0 fully saturated rings. The maximum Gasteiger partial charge on any atom is 0.407 e. The molecule has 1 aromatic rings. The molecular weight excluding hydrogens is 348 g/mol. The van der Waals surface area contributed by atoms with Crippen LogP contribution in [0.1, 0.15) is 38.1 Å². The van der Waals surface area contributed by atoms with E-state index in [9.17, 15) is 9.59 Å². The van der Waals surface area contributed by atoms with E-state index in [1.807, 2.05) is 19.1 Å². The number of amides is 2. The molecule has 0 radical (unpaired) electrons. The number of ether oxygens (including phenoxy) is 1. The Morgan fingerprint density at radius 2 is 1.82 bits per heavy atom. The summed E-state index contributed by atoms with van der Waals surface area (Å²) in [6, 6.07) is 6.95. The van der Waals surface area contributed by atoms with Crippen LogP contribution in [0.5, 0.6) is 0 Å². The molecule has 0 aromatic heterocycles. The molecule has 2 amide bonds. The standard InChI is InChI=1S/C16H23BrN2O3/c1-11(18-15(21)22-16(2,3)4)10-19(5)14(20)12-6-8-13(17)9-7-12/h6-9,11H,10H2,1-5H3,(H,18,21)/t11-/m0/s1. The van der Waals surface area contributed by atoms with Gasteiger partial charge in [0.1, 0.15) is 5.60 Å². The highest BCUT2D eigenvalue weighted by Gasteiger charge is 2.19. The van der Waals surface area contributed by atoms with Crippen molar-refractivity contribution in [3.05, 3.63) is 34.3 Å². The van der Waals surface area contributed by atoms with Gasteiger partial charge in [-0.05, 0) is 52.0 Å². The number of nitrogens with one attached hydrogen (secondary N) is 1. The normalized spacial score (nSPS) is 12.5. The molecule has 0 saturated heterocycles. The maximum atomic E-state index is 12.3. The number of nitrogens with zero attached hydrogens (tertiary/aromatic N) is 1. The molecule has 1 aromatic carbocycles. The van der Waals surface area contributed by atoms with E-state index in [1.165, 1.54) is 0 Å². The molecule has 0 bridgehead atoms. The molecule has 1 rings (SSSR count). The number of halogens is 1. The van der Waals surface area contributed by atoms with Crippen LogP contribution in [0.3, 0.4) is 0 Å². The largest absolute Gasteiger partial charge is 0.444 e. The van der Waals surface area contributed by atoms with Crippen LogP contribution in [0.15, 0.2) is 28.7 Å². The third-order valence-electron chi connectivity index (χ3n) is 2.75. The quantitative estimate of drug-likeness (QED) is 0.882. The van der Waals surface area contributed by atoms with Crippen LogP contribution in [0.25, 0.3) is 0 Å². The van der Waals surface area contributed by atoms with Gasteiger partial charge < -0.3 is 15.0 Å². The zero-order valence-electron chi connectivity index (χ0n) is 13.6. The van der Waals surface area contributed by atoms with Crippen molar-refractivity contribution >= 4 is 27.9 Å². The van der Waals surface area contributed by atoms with E-state index < -0.39 is 11.7 Å². The number of alkyl carbamates (subject to hydrolysis) is 1. The number of carbonyl (C=O) groups excluding carboxylic acids is 2. The maximum absolute atomic E-state index is 12.3. The lowest BCUT2D eigenvalue weighted by Crippen LogP contribution is -2.44. The van der Waals surface area contributed by atoms with Crippen molar-refractivity contribution in [3.63, 3.8) is 0 Å². The number of benzene rings is 1. The number of rotatable bonds is 4. The molecular formula is C16H23BrN2O3. The molecule has 0 unspecified atom stereocenters. The SMILES string of the molecule is C[C@@H](CN(C)C(=O)c1ccc(Br)cc1)NC(=O)OC(C)(C)C. The van der Waals surface area contributed by atoms with Gasteiger partial charge in [-0.3, -0.25) is 4.79 Å². The topological polar surface area (TPSA) is 58.6 Å². The molecule has 0 aliphatic rings. The lowest BCUT2D eigenvalue weighted by molar-refractivity contribution is 0.0491. The van der Waals surface area contributed by atoms with Crippen LogP contribution in [-0.4, -0.2) is 42.1 Å². The van der Waals surface area contributed by atoms with Gasteiger partial charge in [0, 0.05) is 29.7 Å². The van der Waals surface area contributed by atoms with E-state index in [0.29, 0.717) is 12.1 Å². The summed E-state index contributed by atoms with van der Waals surface area (Å²) < 4.78 is 6.11. The first kappa shape index (κ1) is 18.5. The second-order valence-electron chi connectivity index (χ2n) is 6.24. The number of hydrogen-bond acceptors (Lipinski definition) is 3. The van der Waals surface area contributed by atoms with Crippen molar-refractivity contribution in [3.8, 4) is 0 Å². The average Bonchev–Trinajstić information content (AvgIpc) is 2.35. The van der Waals surface area contributed by atoms with Crippen molar-refractivity contribution < 1.29 is 14.3 Å². The van der Waals surface area contributed by atoms with E-state index in [4.69, 9.17) is 4.74 Å². The fraction of sp³-hybridized carbons (Fsp3) is 0.500. The minimum Gasteiger partial charge on any atom is -0.444 e. The second kappa shape index (κ2) is 7.63. The molecule has 22 heavy (non-hydrogen) atoms. The predicted molar refractivity (Wildman–Crippen MR) is 89.9 cm³/mol. The molecule has 6 heteroatoms. The van der Waals surface area contributed by atoms with Gasteiger partial charge in [-0.15, -0.1) is 0 Å². The highest BCUT2D eigenvalue weighted by atomic mass is 79.9. The van der Waals surface area contributed by atoms with Crippen molar-refractivity contribution in [2.24, 2.45) is 0 Å². The van der Waals surface area contributed by atoms with Crippen molar-refractivity contribution in [1.29, 1.82) is 0 Å². The molecule has 0 saturated carbocycles. The third kappa shape index (κ3) is 6.47. The van der Waals surface area contributed by atoms with Crippen molar-refractivity contribution in [1.82, 2.24) is 10.2 Å². The monoisotopic (exact) mass is 370 g/mol. The summed E-state index contributed by atoms with van der Waals surface area (Å²) in [7, 11) is 1.71. The summed E-state index contributed by atoms with van der Waals surface area (Å²) in [5, 5.41) is 2.72. The lowest BCUT2D eigenvalue weighted by Gasteiger charge is -2.25. The van der Waals surface area contributed by atoms with Crippen LogP contribution in [-0.2, 0) is 4.74 Å². The summed E-state index contributed by atoms with van der Waals surface area (Å²) in [5.74, 6) is -0.0923. The Kier molecular flexibility index (Phi) is 6.41. The van der Waals surface area contributed by atoms with E-state index >= 15 is 0 Å². The van der Waals surface area contributed by atoms with E-state index in [2.05, 4.69) is 21.2 Å². The molecule has 0 aliphatic carbocycles. The van der Waals surface area contributed by atoms with Gasteiger partial charge in [-0.2, -0.15) is 0 Å².